The number of aromatic amines is 1. The number of aromatic nitrogens is 4. The van der Waals surface area contributed by atoms with Gasteiger partial charge in [-0.3, -0.25) is 9.78 Å². The zero-order chi connectivity index (χ0) is 16.0. The first-order valence-electron chi connectivity index (χ1n) is 6.90. The van der Waals surface area contributed by atoms with Gasteiger partial charge in [-0.05, 0) is 23.2 Å². The number of nitrogens with one attached hydrogen (secondary N) is 1. The molecule has 0 bridgehead atoms. The SMILES string of the molecule is O=c1[nH]c(-c2ccccc2)nc2c1[n+]([O-])c1ccccc1[n+]2[O-]. The van der Waals surface area contributed by atoms with Crippen LogP contribution in [-0.2, 0) is 0 Å². The van der Waals surface area contributed by atoms with Crippen molar-refractivity contribution in [1.29, 1.82) is 0 Å². The summed E-state index contributed by atoms with van der Waals surface area (Å²) in [5, 5.41) is 24.9. The standard InChI is InChI=1S/C16H10N4O3/c21-16-13-15(17-14(18-16)10-6-2-1-3-7-10)20(23)12-9-5-4-8-11(12)19(13)22/h1-9H,(H,17,18,21). The van der Waals surface area contributed by atoms with E-state index < -0.39 is 5.56 Å². The maximum absolute atomic E-state index is 12.5. The van der Waals surface area contributed by atoms with E-state index in [4.69, 9.17) is 0 Å². The van der Waals surface area contributed by atoms with Gasteiger partial charge in [0.25, 0.3) is 11.3 Å². The number of nitrogens with zero attached hydrogens (tertiary/aromatic N) is 3. The van der Waals surface area contributed by atoms with E-state index in [1.54, 1.807) is 36.4 Å². The second kappa shape index (κ2) is 4.77. The lowest BCUT2D eigenvalue weighted by Crippen LogP contribution is -2.43. The zero-order valence-electron chi connectivity index (χ0n) is 11.8. The molecule has 0 fully saturated rings. The Morgan fingerprint density at radius 3 is 2.17 bits per heavy atom. The number of hydrogen-bond donors (Lipinski definition) is 1. The Hall–Kier alpha value is -3.48. The Balaban J connectivity index is 2.17. The fraction of sp³-hybridized carbons (Fsp3) is 0. The highest BCUT2D eigenvalue weighted by atomic mass is 16.5. The quantitative estimate of drug-likeness (QED) is 0.322. The van der Waals surface area contributed by atoms with Gasteiger partial charge < -0.3 is 10.4 Å². The van der Waals surface area contributed by atoms with E-state index in [9.17, 15) is 15.2 Å². The molecule has 2 aromatic carbocycles. The van der Waals surface area contributed by atoms with Crippen molar-refractivity contribution in [3.8, 4) is 11.4 Å². The molecular formula is C16H10N4O3. The lowest BCUT2D eigenvalue weighted by molar-refractivity contribution is -0.593. The van der Waals surface area contributed by atoms with Crippen LogP contribution in [0.1, 0.15) is 0 Å². The molecule has 7 heteroatoms. The zero-order valence-corrected chi connectivity index (χ0v) is 11.8. The van der Waals surface area contributed by atoms with Gasteiger partial charge in [0.15, 0.2) is 0 Å². The van der Waals surface area contributed by atoms with Crippen LogP contribution < -0.4 is 15.0 Å². The van der Waals surface area contributed by atoms with Crippen LogP contribution in [-0.4, -0.2) is 9.97 Å². The number of fused-ring (bicyclic) bond motifs is 2. The van der Waals surface area contributed by atoms with E-state index in [1.807, 2.05) is 6.07 Å². The molecule has 112 valence electrons. The fourth-order valence-electron chi connectivity index (χ4n) is 2.55. The summed E-state index contributed by atoms with van der Waals surface area (Å²) in [6.45, 7) is 0. The fourth-order valence-corrected chi connectivity index (χ4v) is 2.55. The molecule has 7 nitrogen and oxygen atoms in total. The molecule has 1 N–H and O–H groups in total. The van der Waals surface area contributed by atoms with Crippen LogP contribution in [0.2, 0.25) is 0 Å². The molecule has 0 aliphatic rings. The van der Waals surface area contributed by atoms with Crippen molar-refractivity contribution in [2.45, 2.75) is 0 Å². The maximum Gasteiger partial charge on any atom is 0.409 e. The molecule has 0 saturated carbocycles. The highest BCUT2D eigenvalue weighted by molar-refractivity contribution is 5.75. The van der Waals surface area contributed by atoms with Gasteiger partial charge in [0.05, 0.1) is 0 Å². The number of rotatable bonds is 1. The van der Waals surface area contributed by atoms with E-state index in [1.165, 1.54) is 12.1 Å². The highest BCUT2D eigenvalue weighted by Gasteiger charge is 2.26. The van der Waals surface area contributed by atoms with E-state index in [2.05, 4.69) is 9.97 Å². The summed E-state index contributed by atoms with van der Waals surface area (Å²) in [5.41, 5.74) is -0.238. The minimum Gasteiger partial charge on any atom is -0.710 e. The van der Waals surface area contributed by atoms with Gasteiger partial charge in [0.1, 0.15) is 0 Å². The molecule has 0 aliphatic heterocycles. The summed E-state index contributed by atoms with van der Waals surface area (Å²) >= 11 is 0. The van der Waals surface area contributed by atoms with E-state index >= 15 is 0 Å². The Kier molecular flexibility index (Phi) is 2.74. The molecule has 0 unspecified atom stereocenters. The summed E-state index contributed by atoms with van der Waals surface area (Å²) in [6, 6.07) is 15.2. The van der Waals surface area contributed by atoms with Crippen molar-refractivity contribution in [2.24, 2.45) is 0 Å². The Morgan fingerprint density at radius 2 is 1.48 bits per heavy atom. The Bertz CT molecular complexity index is 1110. The number of H-pyrrole nitrogens is 1. The van der Waals surface area contributed by atoms with E-state index in [-0.39, 0.29) is 28.0 Å². The van der Waals surface area contributed by atoms with Crippen molar-refractivity contribution >= 4 is 22.2 Å². The molecule has 23 heavy (non-hydrogen) atoms. The first-order chi connectivity index (χ1) is 11.2. The van der Waals surface area contributed by atoms with Crippen molar-refractivity contribution in [1.82, 2.24) is 9.97 Å². The van der Waals surface area contributed by atoms with Gasteiger partial charge in [0, 0.05) is 11.6 Å². The largest absolute Gasteiger partial charge is 0.710 e. The predicted molar refractivity (Wildman–Crippen MR) is 83.2 cm³/mol. The number of hydrogen-bond acceptors (Lipinski definition) is 4. The second-order valence-corrected chi connectivity index (χ2v) is 5.03. The first-order valence-corrected chi connectivity index (χ1v) is 6.90. The lowest BCUT2D eigenvalue weighted by Gasteiger charge is -2.09. The molecule has 2 aromatic heterocycles. The van der Waals surface area contributed by atoms with Gasteiger partial charge in [-0.1, -0.05) is 30.3 Å². The van der Waals surface area contributed by atoms with Gasteiger partial charge in [-0.15, -0.1) is 4.73 Å². The third kappa shape index (κ3) is 1.90. The molecule has 0 radical (unpaired) electrons. The summed E-state index contributed by atoms with van der Waals surface area (Å²) in [5.74, 6) is 0.239. The average Bonchev–Trinajstić information content (AvgIpc) is 2.60. The van der Waals surface area contributed by atoms with Crippen molar-refractivity contribution in [3.05, 3.63) is 75.4 Å². The maximum atomic E-state index is 12.5. The monoisotopic (exact) mass is 306 g/mol. The van der Waals surface area contributed by atoms with E-state index in [0.717, 1.165) is 0 Å². The molecule has 4 aromatic rings. The smallest absolute Gasteiger partial charge is 0.409 e. The number of benzene rings is 2. The van der Waals surface area contributed by atoms with Crippen LogP contribution in [0.4, 0.5) is 0 Å². The third-order valence-electron chi connectivity index (χ3n) is 3.64. The van der Waals surface area contributed by atoms with Gasteiger partial charge in [-0.2, -0.15) is 0 Å². The van der Waals surface area contributed by atoms with Crippen LogP contribution in [0.25, 0.3) is 33.6 Å². The predicted octanol–water partition coefficient (Wildman–Crippen LogP) is 1.01. The Labute approximate surface area is 129 Å². The summed E-state index contributed by atoms with van der Waals surface area (Å²) in [4.78, 5) is 19.1. The van der Waals surface area contributed by atoms with Gasteiger partial charge in [-0.25, -0.2) is 4.73 Å². The minimum absolute atomic E-state index is 0.120. The van der Waals surface area contributed by atoms with Gasteiger partial charge in [0.2, 0.25) is 5.52 Å². The molecule has 0 spiro atoms. The molecule has 4 rings (SSSR count). The van der Waals surface area contributed by atoms with Gasteiger partial charge >= 0.3 is 16.7 Å². The lowest BCUT2D eigenvalue weighted by atomic mass is 10.2. The molecule has 0 aliphatic carbocycles. The third-order valence-corrected chi connectivity index (χ3v) is 3.64. The molecule has 0 saturated heterocycles. The molecule has 2 heterocycles. The van der Waals surface area contributed by atoms with Crippen LogP contribution in [0.15, 0.2) is 59.4 Å². The Morgan fingerprint density at radius 1 is 0.870 bits per heavy atom. The van der Waals surface area contributed by atoms with Crippen molar-refractivity contribution < 1.29 is 9.46 Å². The highest BCUT2D eigenvalue weighted by Crippen LogP contribution is 2.14. The second-order valence-electron chi connectivity index (χ2n) is 5.03. The topological polar surface area (TPSA) is 99.6 Å². The molecular weight excluding hydrogens is 296 g/mol. The van der Waals surface area contributed by atoms with Crippen molar-refractivity contribution in [3.63, 3.8) is 0 Å². The summed E-state index contributed by atoms with van der Waals surface area (Å²) in [6.07, 6.45) is 0. The van der Waals surface area contributed by atoms with E-state index in [0.29, 0.717) is 15.0 Å². The van der Waals surface area contributed by atoms with Crippen LogP contribution in [0, 0.1) is 10.4 Å². The van der Waals surface area contributed by atoms with Crippen LogP contribution in [0.5, 0.6) is 0 Å². The summed E-state index contributed by atoms with van der Waals surface area (Å²) < 4.78 is 0.959. The normalized spacial score (nSPS) is 11.1. The molecule has 0 atom stereocenters. The first kappa shape index (κ1) is 13.2. The van der Waals surface area contributed by atoms with Crippen LogP contribution >= 0.6 is 0 Å². The number of para-hydroxylation sites is 2. The van der Waals surface area contributed by atoms with Crippen LogP contribution in [0.3, 0.4) is 0 Å². The molecule has 0 amide bonds. The van der Waals surface area contributed by atoms with Crippen molar-refractivity contribution in [2.75, 3.05) is 0 Å². The minimum atomic E-state index is -0.654. The summed E-state index contributed by atoms with van der Waals surface area (Å²) in [7, 11) is 0. The average molecular weight is 306 g/mol.